The summed E-state index contributed by atoms with van der Waals surface area (Å²) in [7, 11) is 0. The number of rotatable bonds is 3. The van der Waals surface area contributed by atoms with Crippen molar-refractivity contribution in [1.82, 2.24) is 10.3 Å². The van der Waals surface area contributed by atoms with Crippen LogP contribution in [0.25, 0.3) is 0 Å². The second-order valence-corrected chi connectivity index (χ2v) is 6.29. The van der Waals surface area contributed by atoms with Gasteiger partial charge >= 0.3 is 0 Å². The van der Waals surface area contributed by atoms with Crippen LogP contribution in [0.4, 0.5) is 0 Å². The van der Waals surface area contributed by atoms with Crippen LogP contribution in [0, 0.1) is 0 Å². The van der Waals surface area contributed by atoms with E-state index in [0.717, 1.165) is 12.2 Å². The summed E-state index contributed by atoms with van der Waals surface area (Å²) in [6.07, 6.45) is 0. The molecule has 0 aliphatic heterocycles. The van der Waals surface area contributed by atoms with Gasteiger partial charge in [0.05, 0.1) is 5.69 Å². The molecule has 1 heterocycles. The van der Waals surface area contributed by atoms with Gasteiger partial charge in [-0.1, -0.05) is 6.07 Å². The molecule has 3 heteroatoms. The van der Waals surface area contributed by atoms with Gasteiger partial charge in [0.1, 0.15) is 5.60 Å². The highest BCUT2D eigenvalue weighted by molar-refractivity contribution is 5.16. The van der Waals surface area contributed by atoms with Crippen LogP contribution >= 0.6 is 0 Å². The molecule has 17 heavy (non-hydrogen) atoms. The van der Waals surface area contributed by atoms with E-state index in [4.69, 9.17) is 4.74 Å². The molecule has 1 aromatic heterocycles. The minimum absolute atomic E-state index is 0.0998. The first-order chi connectivity index (χ1) is 7.66. The summed E-state index contributed by atoms with van der Waals surface area (Å²) in [6.45, 7) is 13.2. The fourth-order valence-corrected chi connectivity index (χ4v) is 1.28. The Hall–Kier alpha value is -1.09. The van der Waals surface area contributed by atoms with Crippen LogP contribution in [0.3, 0.4) is 0 Å². The number of aromatic nitrogens is 1. The Labute approximate surface area is 105 Å². The summed E-state index contributed by atoms with van der Waals surface area (Å²) in [6, 6.07) is 5.88. The quantitative estimate of drug-likeness (QED) is 0.875. The number of ether oxygens (including phenoxy) is 1. The molecule has 1 N–H and O–H groups in total. The molecule has 0 saturated heterocycles. The number of pyridine rings is 1. The third kappa shape index (κ3) is 6.27. The van der Waals surface area contributed by atoms with E-state index in [0.29, 0.717) is 5.88 Å². The van der Waals surface area contributed by atoms with Crippen LogP contribution < -0.4 is 10.1 Å². The Morgan fingerprint density at radius 3 is 2.29 bits per heavy atom. The molecule has 0 unspecified atom stereocenters. The van der Waals surface area contributed by atoms with E-state index in [-0.39, 0.29) is 11.1 Å². The van der Waals surface area contributed by atoms with Gasteiger partial charge < -0.3 is 10.1 Å². The topological polar surface area (TPSA) is 34.1 Å². The molecular weight excluding hydrogens is 212 g/mol. The maximum atomic E-state index is 5.74. The van der Waals surface area contributed by atoms with Gasteiger partial charge in [-0.15, -0.1) is 0 Å². The molecule has 0 bridgehead atoms. The molecule has 0 aliphatic carbocycles. The van der Waals surface area contributed by atoms with Gasteiger partial charge in [0.15, 0.2) is 0 Å². The molecule has 1 rings (SSSR count). The Morgan fingerprint density at radius 1 is 1.12 bits per heavy atom. The van der Waals surface area contributed by atoms with Gasteiger partial charge in [0.2, 0.25) is 5.88 Å². The second kappa shape index (κ2) is 5.05. The lowest BCUT2D eigenvalue weighted by atomic mass is 10.1. The summed E-state index contributed by atoms with van der Waals surface area (Å²) >= 11 is 0. The van der Waals surface area contributed by atoms with Crippen molar-refractivity contribution in [2.45, 2.75) is 59.2 Å². The third-order valence-electron chi connectivity index (χ3n) is 1.99. The van der Waals surface area contributed by atoms with Crippen molar-refractivity contribution in [3.05, 3.63) is 23.9 Å². The molecule has 0 aliphatic rings. The van der Waals surface area contributed by atoms with E-state index in [1.54, 1.807) is 0 Å². The molecule has 0 saturated carbocycles. The van der Waals surface area contributed by atoms with E-state index in [1.165, 1.54) is 0 Å². The predicted octanol–water partition coefficient (Wildman–Crippen LogP) is 3.15. The Balaban J connectivity index is 2.66. The molecule has 0 aromatic carbocycles. The van der Waals surface area contributed by atoms with Crippen molar-refractivity contribution in [1.29, 1.82) is 0 Å². The number of hydrogen-bond donors (Lipinski definition) is 1. The van der Waals surface area contributed by atoms with E-state index in [2.05, 4.69) is 31.1 Å². The smallest absolute Gasteiger partial charge is 0.213 e. The lowest BCUT2D eigenvalue weighted by Crippen LogP contribution is -2.35. The van der Waals surface area contributed by atoms with Crippen LogP contribution in [-0.4, -0.2) is 16.1 Å². The Kier molecular flexibility index (Phi) is 4.15. The summed E-state index contributed by atoms with van der Waals surface area (Å²) < 4.78 is 5.74. The van der Waals surface area contributed by atoms with Gasteiger partial charge in [0, 0.05) is 18.2 Å². The summed E-state index contributed by atoms with van der Waals surface area (Å²) in [5.41, 5.74) is 0.896. The summed E-state index contributed by atoms with van der Waals surface area (Å²) in [5.74, 6) is 0.686. The van der Waals surface area contributed by atoms with Crippen LogP contribution in [0.2, 0.25) is 0 Å². The van der Waals surface area contributed by atoms with E-state index in [9.17, 15) is 0 Å². The molecule has 0 spiro atoms. The normalized spacial score (nSPS) is 12.6. The number of nitrogens with zero attached hydrogens (tertiary/aromatic N) is 1. The molecule has 0 atom stereocenters. The third-order valence-corrected chi connectivity index (χ3v) is 1.99. The number of nitrogens with one attached hydrogen (secondary N) is 1. The van der Waals surface area contributed by atoms with Crippen molar-refractivity contribution in [3.63, 3.8) is 0 Å². The molecule has 96 valence electrons. The first kappa shape index (κ1) is 14.0. The average molecular weight is 236 g/mol. The van der Waals surface area contributed by atoms with Crippen molar-refractivity contribution >= 4 is 0 Å². The predicted molar refractivity (Wildman–Crippen MR) is 71.2 cm³/mol. The summed E-state index contributed by atoms with van der Waals surface area (Å²) in [5, 5.41) is 3.41. The molecule has 1 aromatic rings. The number of hydrogen-bond acceptors (Lipinski definition) is 3. The summed E-state index contributed by atoms with van der Waals surface area (Å²) in [4.78, 5) is 4.48. The van der Waals surface area contributed by atoms with Crippen molar-refractivity contribution < 1.29 is 4.74 Å². The standard InChI is InChI=1S/C14H24N2O/c1-13(2,3)15-10-11-8-7-9-12(16-11)17-14(4,5)6/h7-9,15H,10H2,1-6H3. The highest BCUT2D eigenvalue weighted by atomic mass is 16.5. The zero-order valence-electron chi connectivity index (χ0n) is 11.8. The first-order valence-corrected chi connectivity index (χ1v) is 6.06. The Bertz CT molecular complexity index is 361. The van der Waals surface area contributed by atoms with Crippen molar-refractivity contribution in [2.75, 3.05) is 0 Å². The van der Waals surface area contributed by atoms with E-state index in [1.807, 2.05) is 39.0 Å². The second-order valence-electron chi connectivity index (χ2n) is 6.29. The molecule has 3 nitrogen and oxygen atoms in total. The van der Waals surface area contributed by atoms with Gasteiger partial charge in [0.25, 0.3) is 0 Å². The van der Waals surface area contributed by atoms with Crippen molar-refractivity contribution in [3.8, 4) is 5.88 Å². The maximum absolute atomic E-state index is 5.74. The molecule has 0 amide bonds. The first-order valence-electron chi connectivity index (χ1n) is 6.06. The van der Waals surface area contributed by atoms with Gasteiger partial charge in [-0.05, 0) is 47.6 Å². The van der Waals surface area contributed by atoms with Crippen LogP contribution in [0.15, 0.2) is 18.2 Å². The monoisotopic (exact) mass is 236 g/mol. The van der Waals surface area contributed by atoms with Crippen LogP contribution in [0.5, 0.6) is 5.88 Å². The minimum Gasteiger partial charge on any atom is -0.472 e. The zero-order valence-corrected chi connectivity index (χ0v) is 11.8. The van der Waals surface area contributed by atoms with E-state index >= 15 is 0 Å². The molecular formula is C14H24N2O. The van der Waals surface area contributed by atoms with Gasteiger partial charge in [-0.3, -0.25) is 0 Å². The minimum atomic E-state index is -0.205. The molecule has 0 fully saturated rings. The lowest BCUT2D eigenvalue weighted by Gasteiger charge is -2.22. The van der Waals surface area contributed by atoms with Gasteiger partial charge in [-0.25, -0.2) is 4.98 Å². The average Bonchev–Trinajstić information content (AvgIpc) is 2.11. The van der Waals surface area contributed by atoms with Gasteiger partial charge in [-0.2, -0.15) is 0 Å². The SMILES string of the molecule is CC(C)(C)NCc1cccc(OC(C)(C)C)n1. The Morgan fingerprint density at radius 2 is 1.76 bits per heavy atom. The fraction of sp³-hybridized carbons (Fsp3) is 0.643. The van der Waals surface area contributed by atoms with E-state index < -0.39 is 0 Å². The van der Waals surface area contributed by atoms with Crippen LogP contribution in [-0.2, 0) is 6.54 Å². The van der Waals surface area contributed by atoms with Crippen LogP contribution in [0.1, 0.15) is 47.2 Å². The lowest BCUT2D eigenvalue weighted by molar-refractivity contribution is 0.123. The highest BCUT2D eigenvalue weighted by Crippen LogP contribution is 2.15. The molecule has 0 radical (unpaired) electrons. The highest BCUT2D eigenvalue weighted by Gasteiger charge is 2.13. The van der Waals surface area contributed by atoms with Crippen molar-refractivity contribution in [2.24, 2.45) is 0 Å². The fourth-order valence-electron chi connectivity index (χ4n) is 1.28. The largest absolute Gasteiger partial charge is 0.472 e. The maximum Gasteiger partial charge on any atom is 0.213 e. The zero-order chi connectivity index (χ0) is 13.1.